The summed E-state index contributed by atoms with van der Waals surface area (Å²) in [7, 11) is 1.81. The van der Waals surface area contributed by atoms with Gasteiger partial charge in [0.25, 0.3) is 0 Å². The number of halogens is 1. The van der Waals surface area contributed by atoms with Crippen molar-refractivity contribution in [2.45, 2.75) is 38.8 Å². The van der Waals surface area contributed by atoms with Crippen LogP contribution in [-0.4, -0.2) is 23.9 Å². The van der Waals surface area contributed by atoms with Gasteiger partial charge < -0.3 is 10.6 Å². The molecule has 1 amide bonds. The molecule has 0 aliphatic heterocycles. The van der Waals surface area contributed by atoms with E-state index in [2.05, 4.69) is 0 Å². The van der Waals surface area contributed by atoms with E-state index in [0.717, 1.165) is 5.56 Å². The maximum absolute atomic E-state index is 12.0. The molecule has 18 heavy (non-hydrogen) atoms. The molecule has 0 fully saturated rings. The summed E-state index contributed by atoms with van der Waals surface area (Å²) in [5, 5.41) is 0.691. The number of nitrogens with two attached hydrogens (primary N) is 1. The second-order valence-electron chi connectivity index (χ2n) is 4.75. The summed E-state index contributed by atoms with van der Waals surface area (Å²) in [6.07, 6.45) is 1.20. The van der Waals surface area contributed by atoms with Crippen LogP contribution in [-0.2, 0) is 4.79 Å². The number of rotatable bonds is 5. The fourth-order valence-electron chi connectivity index (χ4n) is 1.73. The molecule has 0 saturated heterocycles. The van der Waals surface area contributed by atoms with Crippen LogP contribution < -0.4 is 5.73 Å². The van der Waals surface area contributed by atoms with E-state index >= 15 is 0 Å². The minimum atomic E-state index is 0.0179. The molecule has 0 aromatic heterocycles. The zero-order chi connectivity index (χ0) is 13.7. The highest BCUT2D eigenvalue weighted by atomic mass is 35.5. The van der Waals surface area contributed by atoms with Gasteiger partial charge in [-0.25, -0.2) is 0 Å². The lowest BCUT2D eigenvalue weighted by molar-refractivity contribution is -0.132. The Morgan fingerprint density at radius 3 is 2.67 bits per heavy atom. The number of carbonyl (C=O) groups is 1. The van der Waals surface area contributed by atoms with Gasteiger partial charge in [-0.05, 0) is 38.0 Å². The van der Waals surface area contributed by atoms with Crippen LogP contribution in [0.1, 0.15) is 38.3 Å². The molecule has 4 heteroatoms. The molecule has 2 atom stereocenters. The van der Waals surface area contributed by atoms with Crippen LogP contribution in [0.15, 0.2) is 24.3 Å². The minimum absolute atomic E-state index is 0.0179. The Balaban J connectivity index is 2.65. The summed E-state index contributed by atoms with van der Waals surface area (Å²) >= 11 is 5.96. The first-order chi connectivity index (χ1) is 8.41. The van der Waals surface area contributed by atoms with Crippen molar-refractivity contribution in [3.63, 3.8) is 0 Å². The van der Waals surface area contributed by atoms with E-state index in [4.69, 9.17) is 17.3 Å². The summed E-state index contributed by atoms with van der Waals surface area (Å²) in [6, 6.07) is 7.67. The Kier molecular flexibility index (Phi) is 5.63. The molecule has 0 aliphatic rings. The smallest absolute Gasteiger partial charge is 0.222 e. The molecular weight excluding hydrogens is 248 g/mol. The quantitative estimate of drug-likeness (QED) is 0.892. The number of hydrogen-bond donors (Lipinski definition) is 1. The predicted molar refractivity (Wildman–Crippen MR) is 75.5 cm³/mol. The normalized spacial score (nSPS) is 14.1. The number of benzene rings is 1. The molecule has 1 rings (SSSR count). The van der Waals surface area contributed by atoms with Crippen molar-refractivity contribution < 1.29 is 4.79 Å². The average Bonchev–Trinajstić information content (AvgIpc) is 2.34. The molecule has 1 aromatic rings. The molecule has 0 aliphatic carbocycles. The van der Waals surface area contributed by atoms with Crippen LogP contribution in [0.4, 0.5) is 0 Å². The Morgan fingerprint density at radius 2 is 2.11 bits per heavy atom. The highest BCUT2D eigenvalue weighted by molar-refractivity contribution is 6.30. The molecule has 2 N–H and O–H groups in total. The second-order valence-corrected chi connectivity index (χ2v) is 5.19. The lowest BCUT2D eigenvalue weighted by Gasteiger charge is -2.26. The first-order valence-corrected chi connectivity index (χ1v) is 6.56. The standard InChI is InChI=1S/C14H21ClN2O/c1-10(16)7-8-14(18)17(3)11(2)12-5-4-6-13(15)9-12/h4-6,9-11H,7-8,16H2,1-3H3. The molecule has 100 valence electrons. The van der Waals surface area contributed by atoms with Crippen LogP contribution in [0.25, 0.3) is 0 Å². The predicted octanol–water partition coefficient (Wildman–Crippen LogP) is 2.99. The molecule has 2 unspecified atom stereocenters. The van der Waals surface area contributed by atoms with Crippen molar-refractivity contribution >= 4 is 17.5 Å². The summed E-state index contributed by atoms with van der Waals surface area (Å²) in [4.78, 5) is 13.7. The van der Waals surface area contributed by atoms with Crippen LogP contribution in [0.3, 0.4) is 0 Å². The molecule has 0 heterocycles. The van der Waals surface area contributed by atoms with Gasteiger partial charge in [0.2, 0.25) is 5.91 Å². The van der Waals surface area contributed by atoms with Crippen molar-refractivity contribution in [2.75, 3.05) is 7.05 Å². The topological polar surface area (TPSA) is 46.3 Å². The first-order valence-electron chi connectivity index (χ1n) is 6.18. The zero-order valence-electron chi connectivity index (χ0n) is 11.2. The van der Waals surface area contributed by atoms with E-state index in [9.17, 15) is 4.79 Å². The number of carbonyl (C=O) groups excluding carboxylic acids is 1. The Bertz CT molecular complexity index is 407. The SMILES string of the molecule is CC(N)CCC(=O)N(C)C(C)c1cccc(Cl)c1. The van der Waals surface area contributed by atoms with Crippen molar-refractivity contribution in [1.29, 1.82) is 0 Å². The van der Waals surface area contributed by atoms with E-state index in [0.29, 0.717) is 17.9 Å². The molecule has 0 bridgehead atoms. The van der Waals surface area contributed by atoms with Gasteiger partial charge in [0.05, 0.1) is 6.04 Å². The van der Waals surface area contributed by atoms with Gasteiger partial charge in [0.1, 0.15) is 0 Å². The highest BCUT2D eigenvalue weighted by Crippen LogP contribution is 2.22. The lowest BCUT2D eigenvalue weighted by Crippen LogP contribution is -2.30. The van der Waals surface area contributed by atoms with Crippen LogP contribution >= 0.6 is 11.6 Å². The van der Waals surface area contributed by atoms with Gasteiger partial charge in [-0.15, -0.1) is 0 Å². The largest absolute Gasteiger partial charge is 0.339 e. The van der Waals surface area contributed by atoms with E-state index in [1.807, 2.05) is 45.2 Å². The van der Waals surface area contributed by atoms with Gasteiger partial charge in [-0.2, -0.15) is 0 Å². The first kappa shape index (κ1) is 15.0. The van der Waals surface area contributed by atoms with Crippen molar-refractivity contribution in [1.82, 2.24) is 4.90 Å². The molecule has 3 nitrogen and oxygen atoms in total. The monoisotopic (exact) mass is 268 g/mol. The second kappa shape index (κ2) is 6.76. The van der Waals surface area contributed by atoms with Crippen LogP contribution in [0.2, 0.25) is 5.02 Å². The van der Waals surface area contributed by atoms with Crippen LogP contribution in [0.5, 0.6) is 0 Å². The third-order valence-electron chi connectivity index (χ3n) is 3.12. The Hall–Kier alpha value is -1.06. The molecule has 0 radical (unpaired) electrons. The van der Waals surface area contributed by atoms with Crippen LogP contribution in [0, 0.1) is 0 Å². The van der Waals surface area contributed by atoms with Gasteiger partial charge in [-0.1, -0.05) is 23.7 Å². The average molecular weight is 269 g/mol. The van der Waals surface area contributed by atoms with Gasteiger partial charge in [0.15, 0.2) is 0 Å². The van der Waals surface area contributed by atoms with Crippen molar-refractivity contribution in [3.05, 3.63) is 34.9 Å². The maximum atomic E-state index is 12.0. The van der Waals surface area contributed by atoms with E-state index < -0.39 is 0 Å². The molecule has 0 saturated carbocycles. The number of amides is 1. The summed E-state index contributed by atoms with van der Waals surface area (Å²) < 4.78 is 0. The molecular formula is C14H21ClN2O. The third kappa shape index (κ3) is 4.31. The summed E-state index contributed by atoms with van der Waals surface area (Å²) in [5.41, 5.74) is 6.70. The molecule has 0 spiro atoms. The summed E-state index contributed by atoms with van der Waals surface area (Å²) in [5.74, 6) is 0.111. The fourth-order valence-corrected chi connectivity index (χ4v) is 1.93. The lowest BCUT2D eigenvalue weighted by atomic mass is 10.1. The van der Waals surface area contributed by atoms with Gasteiger partial charge in [-0.3, -0.25) is 4.79 Å². The van der Waals surface area contributed by atoms with E-state index in [-0.39, 0.29) is 18.0 Å². The zero-order valence-corrected chi connectivity index (χ0v) is 11.9. The van der Waals surface area contributed by atoms with E-state index in [1.165, 1.54) is 0 Å². The Morgan fingerprint density at radius 1 is 1.44 bits per heavy atom. The van der Waals surface area contributed by atoms with Crippen molar-refractivity contribution in [2.24, 2.45) is 5.73 Å². The van der Waals surface area contributed by atoms with Gasteiger partial charge in [0, 0.05) is 24.5 Å². The number of nitrogens with zero attached hydrogens (tertiary/aromatic N) is 1. The number of hydrogen-bond acceptors (Lipinski definition) is 2. The minimum Gasteiger partial charge on any atom is -0.339 e. The molecule has 1 aromatic carbocycles. The van der Waals surface area contributed by atoms with E-state index in [1.54, 1.807) is 4.90 Å². The Labute approximate surface area is 114 Å². The van der Waals surface area contributed by atoms with Gasteiger partial charge >= 0.3 is 0 Å². The third-order valence-corrected chi connectivity index (χ3v) is 3.35. The van der Waals surface area contributed by atoms with Crippen molar-refractivity contribution in [3.8, 4) is 0 Å². The highest BCUT2D eigenvalue weighted by Gasteiger charge is 2.17. The summed E-state index contributed by atoms with van der Waals surface area (Å²) in [6.45, 7) is 3.91. The maximum Gasteiger partial charge on any atom is 0.222 e. The fraction of sp³-hybridized carbons (Fsp3) is 0.500.